The molecule has 2 N–H and O–H groups in total. The standard InChI is InChI=1S/C13H16N2O4/c1-19-11-4-2-3-10(6-11)14-13(18)15-7-9(8-15)5-12(16)17/h2-4,6,9H,5,7-8H2,1H3,(H,14,18)(H,16,17). The number of urea groups is 1. The second kappa shape index (κ2) is 5.60. The first kappa shape index (κ1) is 13.2. The molecule has 0 radical (unpaired) electrons. The van der Waals surface area contributed by atoms with Crippen LogP contribution < -0.4 is 10.1 Å². The third-order valence-electron chi connectivity index (χ3n) is 3.03. The molecule has 1 aliphatic rings. The number of amides is 2. The summed E-state index contributed by atoms with van der Waals surface area (Å²) < 4.78 is 5.07. The number of carboxylic acids is 1. The van der Waals surface area contributed by atoms with Gasteiger partial charge in [-0.2, -0.15) is 0 Å². The first-order valence-electron chi connectivity index (χ1n) is 6.00. The lowest BCUT2D eigenvalue weighted by Gasteiger charge is -2.38. The highest BCUT2D eigenvalue weighted by Gasteiger charge is 2.31. The molecule has 19 heavy (non-hydrogen) atoms. The molecule has 1 aliphatic heterocycles. The van der Waals surface area contributed by atoms with E-state index < -0.39 is 5.97 Å². The molecule has 0 bridgehead atoms. The predicted molar refractivity (Wildman–Crippen MR) is 69.3 cm³/mol. The zero-order valence-electron chi connectivity index (χ0n) is 10.6. The Morgan fingerprint density at radius 3 is 2.84 bits per heavy atom. The van der Waals surface area contributed by atoms with Gasteiger partial charge < -0.3 is 20.1 Å². The summed E-state index contributed by atoms with van der Waals surface area (Å²) in [7, 11) is 1.56. The normalized spacial score (nSPS) is 14.7. The zero-order valence-corrected chi connectivity index (χ0v) is 10.6. The van der Waals surface area contributed by atoms with Crippen LogP contribution in [-0.4, -0.2) is 42.2 Å². The van der Waals surface area contributed by atoms with Crippen LogP contribution in [0.4, 0.5) is 10.5 Å². The van der Waals surface area contributed by atoms with E-state index in [0.717, 1.165) is 0 Å². The maximum absolute atomic E-state index is 11.9. The zero-order chi connectivity index (χ0) is 13.8. The van der Waals surface area contributed by atoms with Crippen molar-refractivity contribution in [3.8, 4) is 5.75 Å². The van der Waals surface area contributed by atoms with Crippen LogP contribution in [0.1, 0.15) is 6.42 Å². The van der Waals surface area contributed by atoms with Crippen LogP contribution in [0, 0.1) is 5.92 Å². The summed E-state index contributed by atoms with van der Waals surface area (Å²) in [6.07, 6.45) is 0.114. The van der Waals surface area contributed by atoms with Gasteiger partial charge in [-0.15, -0.1) is 0 Å². The Kier molecular flexibility index (Phi) is 3.89. The lowest BCUT2D eigenvalue weighted by molar-refractivity contribution is -0.139. The average Bonchev–Trinajstić information content (AvgIpc) is 2.33. The number of rotatable bonds is 4. The lowest BCUT2D eigenvalue weighted by Crippen LogP contribution is -2.52. The number of nitrogens with one attached hydrogen (secondary N) is 1. The third kappa shape index (κ3) is 3.37. The molecule has 1 fully saturated rings. The van der Waals surface area contributed by atoms with Gasteiger partial charge in [-0.25, -0.2) is 4.79 Å². The van der Waals surface area contributed by atoms with Crippen molar-refractivity contribution in [3.05, 3.63) is 24.3 Å². The van der Waals surface area contributed by atoms with Gasteiger partial charge in [-0.1, -0.05) is 6.07 Å². The molecule has 6 heteroatoms. The minimum atomic E-state index is -0.821. The molecule has 0 aliphatic carbocycles. The van der Waals surface area contributed by atoms with Crippen molar-refractivity contribution in [2.45, 2.75) is 6.42 Å². The summed E-state index contributed by atoms with van der Waals surface area (Å²) in [5.74, 6) is -0.0865. The second-order valence-electron chi connectivity index (χ2n) is 4.53. The minimum absolute atomic E-state index is 0.0635. The average molecular weight is 264 g/mol. The Hall–Kier alpha value is -2.24. The van der Waals surface area contributed by atoms with Crippen LogP contribution in [0.5, 0.6) is 5.75 Å². The molecule has 1 saturated heterocycles. The second-order valence-corrected chi connectivity index (χ2v) is 4.53. The summed E-state index contributed by atoms with van der Waals surface area (Å²) in [5, 5.41) is 11.4. The van der Waals surface area contributed by atoms with Crippen molar-refractivity contribution in [1.29, 1.82) is 0 Å². The van der Waals surface area contributed by atoms with Gasteiger partial charge in [-0.05, 0) is 12.1 Å². The number of carbonyl (C=O) groups is 2. The maximum Gasteiger partial charge on any atom is 0.321 e. The van der Waals surface area contributed by atoms with Gasteiger partial charge in [0, 0.05) is 30.8 Å². The number of methoxy groups -OCH3 is 1. The van der Waals surface area contributed by atoms with Crippen LogP contribution in [-0.2, 0) is 4.79 Å². The van der Waals surface area contributed by atoms with E-state index in [0.29, 0.717) is 24.5 Å². The molecule has 1 aromatic rings. The van der Waals surface area contributed by atoms with E-state index in [4.69, 9.17) is 9.84 Å². The summed E-state index contributed by atoms with van der Waals surface area (Å²) in [4.78, 5) is 24.0. The van der Waals surface area contributed by atoms with Crippen LogP contribution in [0.15, 0.2) is 24.3 Å². The van der Waals surface area contributed by atoms with E-state index in [9.17, 15) is 9.59 Å². The summed E-state index contributed by atoms with van der Waals surface area (Å²) in [5.41, 5.74) is 0.658. The quantitative estimate of drug-likeness (QED) is 0.866. The molecule has 0 saturated carbocycles. The fourth-order valence-corrected chi connectivity index (χ4v) is 2.02. The van der Waals surface area contributed by atoms with E-state index in [1.807, 2.05) is 0 Å². The number of benzene rings is 1. The molecule has 2 amide bonds. The molecule has 2 rings (SSSR count). The first-order chi connectivity index (χ1) is 9.08. The molecule has 0 unspecified atom stereocenters. The summed E-state index contributed by atoms with van der Waals surface area (Å²) in [6, 6.07) is 6.87. The van der Waals surface area contributed by atoms with Gasteiger partial charge >= 0.3 is 12.0 Å². The first-order valence-corrected chi connectivity index (χ1v) is 6.00. The van der Waals surface area contributed by atoms with Crippen LogP contribution >= 0.6 is 0 Å². The monoisotopic (exact) mass is 264 g/mol. The van der Waals surface area contributed by atoms with E-state index in [1.54, 1.807) is 36.3 Å². The van der Waals surface area contributed by atoms with Crippen molar-refractivity contribution in [1.82, 2.24) is 4.90 Å². The highest BCUT2D eigenvalue weighted by molar-refractivity contribution is 5.90. The van der Waals surface area contributed by atoms with Crippen molar-refractivity contribution < 1.29 is 19.4 Å². The number of likely N-dealkylation sites (tertiary alicyclic amines) is 1. The van der Waals surface area contributed by atoms with E-state index in [1.165, 1.54) is 0 Å². The number of aliphatic carboxylic acids is 1. The number of nitrogens with zero attached hydrogens (tertiary/aromatic N) is 1. The number of hydrogen-bond acceptors (Lipinski definition) is 3. The number of anilines is 1. The third-order valence-corrected chi connectivity index (χ3v) is 3.03. The Morgan fingerprint density at radius 2 is 2.21 bits per heavy atom. The lowest BCUT2D eigenvalue weighted by atomic mass is 9.97. The van der Waals surface area contributed by atoms with Gasteiger partial charge in [-0.3, -0.25) is 4.79 Å². The van der Waals surface area contributed by atoms with Gasteiger partial charge in [0.15, 0.2) is 0 Å². The van der Waals surface area contributed by atoms with E-state index >= 15 is 0 Å². The van der Waals surface area contributed by atoms with Crippen molar-refractivity contribution in [2.24, 2.45) is 5.92 Å². The van der Waals surface area contributed by atoms with Gasteiger partial charge in [0.05, 0.1) is 13.5 Å². The topological polar surface area (TPSA) is 78.9 Å². The number of ether oxygens (including phenoxy) is 1. The smallest absolute Gasteiger partial charge is 0.321 e. The SMILES string of the molecule is COc1cccc(NC(=O)N2CC(CC(=O)O)C2)c1. The number of carboxylic acid groups (broad SMARTS) is 1. The Morgan fingerprint density at radius 1 is 1.47 bits per heavy atom. The summed E-state index contributed by atoms with van der Waals surface area (Å²) >= 11 is 0. The largest absolute Gasteiger partial charge is 0.497 e. The molecule has 6 nitrogen and oxygen atoms in total. The number of hydrogen-bond donors (Lipinski definition) is 2. The fraction of sp³-hybridized carbons (Fsp3) is 0.385. The molecular weight excluding hydrogens is 248 g/mol. The molecular formula is C13H16N2O4. The van der Waals surface area contributed by atoms with Crippen molar-refractivity contribution in [3.63, 3.8) is 0 Å². The van der Waals surface area contributed by atoms with Gasteiger partial charge in [0.25, 0.3) is 0 Å². The molecule has 1 aromatic carbocycles. The van der Waals surface area contributed by atoms with Gasteiger partial charge in [0.1, 0.15) is 5.75 Å². The Labute approximate surface area is 111 Å². The molecule has 0 spiro atoms. The van der Waals surface area contributed by atoms with Crippen molar-refractivity contribution in [2.75, 3.05) is 25.5 Å². The summed E-state index contributed by atoms with van der Waals surface area (Å²) in [6.45, 7) is 0.976. The van der Waals surface area contributed by atoms with Crippen molar-refractivity contribution >= 4 is 17.7 Å². The van der Waals surface area contributed by atoms with Crippen LogP contribution in [0.25, 0.3) is 0 Å². The maximum atomic E-state index is 11.9. The molecule has 1 heterocycles. The molecule has 0 atom stereocenters. The van der Waals surface area contributed by atoms with Gasteiger partial charge in [0.2, 0.25) is 0 Å². The van der Waals surface area contributed by atoms with Crippen LogP contribution in [0.2, 0.25) is 0 Å². The van der Waals surface area contributed by atoms with E-state index in [2.05, 4.69) is 5.32 Å². The highest BCUT2D eigenvalue weighted by atomic mass is 16.5. The number of carbonyl (C=O) groups excluding carboxylic acids is 1. The molecule has 0 aromatic heterocycles. The minimum Gasteiger partial charge on any atom is -0.497 e. The predicted octanol–water partition coefficient (Wildman–Crippen LogP) is 1.63. The molecule has 102 valence electrons. The van der Waals surface area contributed by atoms with Crippen LogP contribution in [0.3, 0.4) is 0 Å². The Balaban J connectivity index is 1.84. The fourth-order valence-electron chi connectivity index (χ4n) is 2.02. The highest BCUT2D eigenvalue weighted by Crippen LogP contribution is 2.21. The van der Waals surface area contributed by atoms with E-state index in [-0.39, 0.29) is 18.4 Å². The Bertz CT molecular complexity index is 483.